The lowest BCUT2D eigenvalue weighted by Gasteiger charge is -1.96. The summed E-state index contributed by atoms with van der Waals surface area (Å²) in [4.78, 5) is 10.2. The zero-order valence-corrected chi connectivity index (χ0v) is 13.0. The molecule has 0 amide bonds. The average Bonchev–Trinajstić information content (AvgIpc) is 3.19. The molecule has 1 aliphatic heterocycles. The fourth-order valence-electron chi connectivity index (χ4n) is 2.33. The Morgan fingerprint density at radius 2 is 1.67 bits per heavy atom. The Balaban J connectivity index is 1.90. The Labute approximate surface area is 128 Å². The largest absolute Gasteiger partial charge is 0.478 e. The number of carboxylic acid groups (broad SMARTS) is 1. The van der Waals surface area contributed by atoms with Crippen LogP contribution < -0.4 is 0 Å². The first-order chi connectivity index (χ1) is 10.2. The van der Waals surface area contributed by atoms with Gasteiger partial charge in [0.2, 0.25) is 0 Å². The molecular weight excluding hydrogens is 264 g/mol. The van der Waals surface area contributed by atoms with Crippen molar-refractivity contribution in [3.8, 4) is 0 Å². The molecule has 118 valence electrons. The van der Waals surface area contributed by atoms with Crippen molar-refractivity contribution in [3.05, 3.63) is 36.5 Å². The Morgan fingerprint density at radius 1 is 1.00 bits per heavy atom. The van der Waals surface area contributed by atoms with E-state index >= 15 is 0 Å². The van der Waals surface area contributed by atoms with Crippen LogP contribution in [0.4, 0.5) is 0 Å². The van der Waals surface area contributed by atoms with Crippen molar-refractivity contribution in [2.75, 3.05) is 0 Å². The molecule has 2 atom stereocenters. The van der Waals surface area contributed by atoms with Crippen LogP contribution in [0.25, 0.3) is 0 Å². The molecule has 1 fully saturated rings. The maximum atomic E-state index is 10.2. The summed E-state index contributed by atoms with van der Waals surface area (Å²) in [5.41, 5.74) is 0. The number of carboxylic acids is 1. The van der Waals surface area contributed by atoms with Gasteiger partial charge in [-0.05, 0) is 25.7 Å². The average molecular weight is 292 g/mol. The van der Waals surface area contributed by atoms with Gasteiger partial charge in [-0.2, -0.15) is 0 Å². The van der Waals surface area contributed by atoms with Gasteiger partial charge in [0, 0.05) is 6.08 Å². The van der Waals surface area contributed by atoms with Crippen LogP contribution in [0, 0.1) is 0 Å². The maximum absolute atomic E-state index is 10.2. The number of carbonyl (C=O) groups is 1. The van der Waals surface area contributed by atoms with Gasteiger partial charge < -0.3 is 9.84 Å². The van der Waals surface area contributed by atoms with Crippen molar-refractivity contribution in [2.45, 2.75) is 70.5 Å². The first-order valence-corrected chi connectivity index (χ1v) is 8.12. The Hall–Kier alpha value is -1.35. The van der Waals surface area contributed by atoms with E-state index in [-0.39, 0.29) is 0 Å². The fourth-order valence-corrected chi connectivity index (χ4v) is 2.33. The SMILES string of the molecule is CCCCCC1OC1CCCC/C=C/C=C/C=C/C(=O)O. The lowest BCUT2D eigenvalue weighted by atomic mass is 10.1. The molecule has 21 heavy (non-hydrogen) atoms. The molecule has 3 heteroatoms. The van der Waals surface area contributed by atoms with Crippen LogP contribution in [0.5, 0.6) is 0 Å². The molecule has 0 saturated carbocycles. The lowest BCUT2D eigenvalue weighted by molar-refractivity contribution is -0.131. The number of ether oxygens (including phenoxy) is 1. The van der Waals surface area contributed by atoms with Gasteiger partial charge in [-0.1, -0.05) is 63.0 Å². The predicted molar refractivity (Wildman–Crippen MR) is 86.3 cm³/mol. The molecule has 3 nitrogen and oxygen atoms in total. The summed E-state index contributed by atoms with van der Waals surface area (Å²) in [7, 11) is 0. The van der Waals surface area contributed by atoms with Gasteiger partial charge in [-0.15, -0.1) is 0 Å². The van der Waals surface area contributed by atoms with Crippen molar-refractivity contribution in [2.24, 2.45) is 0 Å². The van der Waals surface area contributed by atoms with Gasteiger partial charge in [0.15, 0.2) is 0 Å². The van der Waals surface area contributed by atoms with E-state index < -0.39 is 5.97 Å². The monoisotopic (exact) mass is 292 g/mol. The third-order valence-corrected chi connectivity index (χ3v) is 3.60. The van der Waals surface area contributed by atoms with E-state index in [1.807, 2.05) is 12.2 Å². The summed E-state index contributed by atoms with van der Waals surface area (Å²) in [6.45, 7) is 2.23. The minimum Gasteiger partial charge on any atom is -0.478 e. The summed E-state index contributed by atoms with van der Waals surface area (Å²) in [5.74, 6) is -0.918. The molecule has 1 N–H and O–H groups in total. The molecule has 1 saturated heterocycles. The molecule has 0 aromatic carbocycles. The molecule has 0 radical (unpaired) electrons. The van der Waals surface area contributed by atoms with Crippen LogP contribution in [0.15, 0.2) is 36.5 Å². The van der Waals surface area contributed by atoms with Crippen LogP contribution in [-0.4, -0.2) is 23.3 Å². The summed E-state index contributed by atoms with van der Waals surface area (Å²) in [6.07, 6.45) is 21.2. The molecule has 2 unspecified atom stereocenters. The van der Waals surface area contributed by atoms with E-state index in [0.717, 1.165) is 12.5 Å². The second-order valence-corrected chi connectivity index (χ2v) is 5.50. The van der Waals surface area contributed by atoms with E-state index in [1.54, 1.807) is 6.08 Å². The van der Waals surface area contributed by atoms with Crippen LogP contribution in [-0.2, 0) is 9.53 Å². The van der Waals surface area contributed by atoms with Crippen LogP contribution in [0.2, 0.25) is 0 Å². The fraction of sp³-hybridized carbons (Fsp3) is 0.611. The number of hydrogen-bond acceptors (Lipinski definition) is 2. The van der Waals surface area contributed by atoms with E-state index in [4.69, 9.17) is 9.84 Å². The van der Waals surface area contributed by atoms with Gasteiger partial charge in [-0.3, -0.25) is 0 Å². The molecule has 0 aromatic heterocycles. The first-order valence-electron chi connectivity index (χ1n) is 8.12. The zero-order valence-electron chi connectivity index (χ0n) is 13.0. The number of aliphatic carboxylic acids is 1. The van der Waals surface area contributed by atoms with Gasteiger partial charge >= 0.3 is 5.97 Å². The lowest BCUT2D eigenvalue weighted by Crippen LogP contribution is -1.94. The number of allylic oxidation sites excluding steroid dienone is 5. The Bertz CT molecular complexity index is 369. The second kappa shape index (κ2) is 11.3. The minimum absolute atomic E-state index is 0.534. The first kappa shape index (κ1) is 17.7. The minimum atomic E-state index is -0.918. The van der Waals surface area contributed by atoms with Gasteiger partial charge in [0.1, 0.15) is 0 Å². The second-order valence-electron chi connectivity index (χ2n) is 5.50. The van der Waals surface area contributed by atoms with E-state index in [9.17, 15) is 4.79 Å². The van der Waals surface area contributed by atoms with E-state index in [0.29, 0.717) is 12.2 Å². The number of rotatable bonds is 12. The number of unbranched alkanes of at least 4 members (excludes halogenated alkanes) is 4. The van der Waals surface area contributed by atoms with Gasteiger partial charge in [-0.25, -0.2) is 4.79 Å². The standard InChI is InChI=1S/C18H28O3/c1-2-3-10-13-16-17(21-16)14-11-8-6-4-5-7-9-12-15-18(19)20/h4-5,7,9,12,15-17H,2-3,6,8,10-11,13-14H2,1H3,(H,19,20)/b5-4+,9-7+,15-12+. The highest BCUT2D eigenvalue weighted by Crippen LogP contribution is 2.31. The van der Waals surface area contributed by atoms with Crippen molar-refractivity contribution in [1.29, 1.82) is 0 Å². The maximum Gasteiger partial charge on any atom is 0.328 e. The molecular formula is C18H28O3. The summed E-state index contributed by atoms with van der Waals surface area (Å²) in [5, 5.41) is 8.39. The van der Waals surface area contributed by atoms with Crippen molar-refractivity contribution >= 4 is 5.97 Å². The van der Waals surface area contributed by atoms with Crippen LogP contribution in [0.1, 0.15) is 58.3 Å². The highest BCUT2D eigenvalue weighted by molar-refractivity contribution is 5.80. The summed E-state index contributed by atoms with van der Waals surface area (Å²) >= 11 is 0. The third kappa shape index (κ3) is 10.1. The molecule has 1 heterocycles. The highest BCUT2D eigenvalue weighted by Gasteiger charge is 2.36. The van der Waals surface area contributed by atoms with E-state index in [1.165, 1.54) is 51.0 Å². The summed E-state index contributed by atoms with van der Waals surface area (Å²) < 4.78 is 5.67. The third-order valence-electron chi connectivity index (χ3n) is 3.60. The normalized spacial score (nSPS) is 21.8. The van der Waals surface area contributed by atoms with Crippen molar-refractivity contribution < 1.29 is 14.6 Å². The smallest absolute Gasteiger partial charge is 0.328 e. The molecule has 0 aliphatic carbocycles. The quantitative estimate of drug-likeness (QED) is 0.246. The molecule has 0 bridgehead atoms. The summed E-state index contributed by atoms with van der Waals surface area (Å²) in [6, 6.07) is 0. The zero-order chi connectivity index (χ0) is 15.3. The highest BCUT2D eigenvalue weighted by atomic mass is 16.6. The Kier molecular flexibility index (Phi) is 9.55. The number of hydrogen-bond donors (Lipinski definition) is 1. The van der Waals surface area contributed by atoms with Crippen molar-refractivity contribution in [1.82, 2.24) is 0 Å². The van der Waals surface area contributed by atoms with Crippen LogP contribution >= 0.6 is 0 Å². The van der Waals surface area contributed by atoms with Crippen LogP contribution in [0.3, 0.4) is 0 Å². The Morgan fingerprint density at radius 3 is 2.33 bits per heavy atom. The number of epoxide rings is 1. The topological polar surface area (TPSA) is 49.8 Å². The molecule has 1 aliphatic rings. The van der Waals surface area contributed by atoms with E-state index in [2.05, 4.69) is 13.0 Å². The predicted octanol–water partition coefficient (Wildman–Crippen LogP) is 4.65. The van der Waals surface area contributed by atoms with Gasteiger partial charge in [0.25, 0.3) is 0 Å². The molecule has 1 rings (SSSR count). The van der Waals surface area contributed by atoms with Gasteiger partial charge in [0.05, 0.1) is 12.2 Å². The van der Waals surface area contributed by atoms with Crippen molar-refractivity contribution in [3.63, 3.8) is 0 Å². The molecule has 0 spiro atoms. The molecule has 0 aromatic rings.